The summed E-state index contributed by atoms with van der Waals surface area (Å²) in [6, 6.07) is 3.50. The predicted octanol–water partition coefficient (Wildman–Crippen LogP) is 0.105. The molecule has 0 fully saturated rings. The number of nitrogens with one attached hydrogen (secondary N) is 2. The minimum atomic E-state index is 0.525. The molecular formula is C6H8N4. The monoisotopic (exact) mass is 136 g/mol. The van der Waals surface area contributed by atoms with Crippen molar-refractivity contribution in [3.05, 3.63) is 23.8 Å². The minimum absolute atomic E-state index is 0.525. The Balaban J connectivity index is 3.28. The molecule has 0 aromatic carbocycles. The molecule has 0 saturated carbocycles. The first-order valence-electron chi connectivity index (χ1n) is 2.80. The van der Waals surface area contributed by atoms with Gasteiger partial charge in [0, 0.05) is 6.20 Å². The topological polar surface area (TPSA) is 78.0 Å². The van der Waals surface area contributed by atoms with Crippen LogP contribution in [0, 0.1) is 5.41 Å². The summed E-state index contributed by atoms with van der Waals surface area (Å²) < 4.78 is 0. The Hall–Kier alpha value is -1.58. The van der Waals surface area contributed by atoms with Gasteiger partial charge in [0.25, 0.3) is 0 Å². The highest BCUT2D eigenvalue weighted by molar-refractivity contribution is 5.52. The third-order valence-corrected chi connectivity index (χ3v) is 1.06. The van der Waals surface area contributed by atoms with Crippen molar-refractivity contribution in [1.29, 1.82) is 5.41 Å². The third-order valence-electron chi connectivity index (χ3n) is 1.06. The average Bonchev–Trinajstić information content (AvgIpc) is 1.94. The van der Waals surface area contributed by atoms with Crippen LogP contribution in [0.15, 0.2) is 23.3 Å². The van der Waals surface area contributed by atoms with E-state index in [4.69, 9.17) is 11.1 Å². The maximum absolute atomic E-state index is 6.67. The molecule has 52 valence electrons. The quantitative estimate of drug-likeness (QED) is 0.371. The van der Waals surface area contributed by atoms with Gasteiger partial charge in [-0.05, 0) is 12.1 Å². The normalized spacial score (nSPS) is 11.4. The molecule has 0 saturated heterocycles. The zero-order valence-corrected chi connectivity index (χ0v) is 5.33. The predicted molar refractivity (Wildman–Crippen MR) is 39.6 cm³/mol. The van der Waals surface area contributed by atoms with E-state index in [1.54, 1.807) is 18.3 Å². The number of pyridine rings is 1. The smallest absolute Gasteiger partial charge is 0.154 e. The van der Waals surface area contributed by atoms with Gasteiger partial charge in [0.1, 0.15) is 6.34 Å². The van der Waals surface area contributed by atoms with Crippen LogP contribution in [0.25, 0.3) is 0 Å². The molecule has 4 heteroatoms. The van der Waals surface area contributed by atoms with E-state index < -0.39 is 0 Å². The SMILES string of the molecule is N=C/N=c1\[nH]cccc1N. The summed E-state index contributed by atoms with van der Waals surface area (Å²) in [6.07, 6.45) is 2.65. The Morgan fingerprint density at radius 1 is 1.70 bits per heavy atom. The molecule has 4 N–H and O–H groups in total. The lowest BCUT2D eigenvalue weighted by Gasteiger charge is -1.89. The Kier molecular flexibility index (Phi) is 1.84. The lowest BCUT2D eigenvalue weighted by Crippen LogP contribution is -2.12. The Morgan fingerprint density at radius 2 is 2.50 bits per heavy atom. The largest absolute Gasteiger partial charge is 0.396 e. The van der Waals surface area contributed by atoms with Gasteiger partial charge in [0.05, 0.1) is 5.69 Å². The van der Waals surface area contributed by atoms with Crippen molar-refractivity contribution < 1.29 is 0 Å². The van der Waals surface area contributed by atoms with Gasteiger partial charge in [-0.25, -0.2) is 4.99 Å². The highest BCUT2D eigenvalue weighted by Gasteiger charge is 1.83. The van der Waals surface area contributed by atoms with Gasteiger partial charge in [-0.2, -0.15) is 0 Å². The van der Waals surface area contributed by atoms with E-state index >= 15 is 0 Å². The second-order valence-electron chi connectivity index (χ2n) is 1.73. The van der Waals surface area contributed by atoms with Crippen LogP contribution in [0.4, 0.5) is 5.69 Å². The van der Waals surface area contributed by atoms with Crippen molar-refractivity contribution in [2.45, 2.75) is 0 Å². The number of H-pyrrole nitrogens is 1. The number of nitrogens with two attached hydrogens (primary N) is 1. The molecule has 0 aliphatic carbocycles. The summed E-state index contributed by atoms with van der Waals surface area (Å²) in [5.41, 5.74) is 6.55. The van der Waals surface area contributed by atoms with E-state index in [9.17, 15) is 0 Å². The first kappa shape index (κ1) is 6.54. The van der Waals surface area contributed by atoms with Gasteiger partial charge >= 0.3 is 0 Å². The lowest BCUT2D eigenvalue weighted by atomic mass is 10.4. The molecule has 0 aliphatic rings. The van der Waals surface area contributed by atoms with Crippen LogP contribution in [0.3, 0.4) is 0 Å². The van der Waals surface area contributed by atoms with Crippen LogP contribution < -0.4 is 11.2 Å². The molecule has 0 amide bonds. The molecule has 1 aromatic rings. The minimum Gasteiger partial charge on any atom is -0.396 e. The molecular weight excluding hydrogens is 128 g/mol. The fourth-order valence-corrected chi connectivity index (χ4v) is 0.617. The van der Waals surface area contributed by atoms with E-state index in [1.807, 2.05) is 0 Å². The van der Waals surface area contributed by atoms with Crippen LogP contribution in [0.2, 0.25) is 0 Å². The summed E-state index contributed by atoms with van der Waals surface area (Å²) in [7, 11) is 0. The Labute approximate surface area is 57.9 Å². The molecule has 0 bridgehead atoms. The second-order valence-corrected chi connectivity index (χ2v) is 1.73. The van der Waals surface area contributed by atoms with Gasteiger partial charge in [-0.1, -0.05) is 0 Å². The maximum atomic E-state index is 6.67. The molecule has 0 radical (unpaired) electrons. The summed E-state index contributed by atoms with van der Waals surface area (Å²) in [5.74, 6) is 0. The standard InChI is InChI=1S/C6H8N4/c7-4-10-6-5(8)2-1-3-9-6/h1-4H,8H2,(H2,7,9,10). The Bertz CT molecular complexity index is 286. The molecule has 0 unspecified atom stereocenters. The fraction of sp³-hybridized carbons (Fsp3) is 0. The molecule has 0 spiro atoms. The number of aromatic nitrogens is 1. The molecule has 1 heterocycles. The van der Waals surface area contributed by atoms with Gasteiger partial charge in [-0.3, -0.25) is 5.41 Å². The first-order chi connectivity index (χ1) is 4.84. The summed E-state index contributed by atoms with van der Waals surface area (Å²) in [5, 5.41) is 6.67. The highest BCUT2D eigenvalue weighted by Crippen LogP contribution is 1.85. The van der Waals surface area contributed by atoms with E-state index in [-0.39, 0.29) is 0 Å². The lowest BCUT2D eigenvalue weighted by molar-refractivity contribution is 1.17. The zero-order chi connectivity index (χ0) is 7.40. The van der Waals surface area contributed by atoms with E-state index in [0.29, 0.717) is 11.2 Å². The van der Waals surface area contributed by atoms with Crippen molar-refractivity contribution >= 4 is 12.0 Å². The third kappa shape index (κ3) is 1.22. The molecule has 4 nitrogen and oxygen atoms in total. The van der Waals surface area contributed by atoms with Crippen LogP contribution in [-0.4, -0.2) is 11.3 Å². The van der Waals surface area contributed by atoms with Crippen molar-refractivity contribution in [3.8, 4) is 0 Å². The van der Waals surface area contributed by atoms with Crippen LogP contribution >= 0.6 is 0 Å². The maximum Gasteiger partial charge on any atom is 0.154 e. The van der Waals surface area contributed by atoms with Gasteiger partial charge in [0.15, 0.2) is 5.49 Å². The summed E-state index contributed by atoms with van der Waals surface area (Å²) in [4.78, 5) is 6.46. The Morgan fingerprint density at radius 3 is 3.10 bits per heavy atom. The van der Waals surface area contributed by atoms with Crippen LogP contribution in [0.5, 0.6) is 0 Å². The molecule has 1 rings (SSSR count). The molecule has 10 heavy (non-hydrogen) atoms. The van der Waals surface area contributed by atoms with Gasteiger partial charge < -0.3 is 10.7 Å². The second kappa shape index (κ2) is 2.82. The van der Waals surface area contributed by atoms with Gasteiger partial charge in [0.2, 0.25) is 0 Å². The zero-order valence-electron chi connectivity index (χ0n) is 5.33. The number of aromatic amines is 1. The van der Waals surface area contributed by atoms with Gasteiger partial charge in [-0.15, -0.1) is 0 Å². The van der Waals surface area contributed by atoms with Crippen molar-refractivity contribution in [2.24, 2.45) is 4.99 Å². The first-order valence-corrected chi connectivity index (χ1v) is 2.80. The molecule has 0 aliphatic heterocycles. The van der Waals surface area contributed by atoms with E-state index in [2.05, 4.69) is 9.98 Å². The number of nitrogens with zero attached hydrogens (tertiary/aromatic N) is 1. The van der Waals surface area contributed by atoms with E-state index in [1.165, 1.54) is 0 Å². The van der Waals surface area contributed by atoms with Crippen molar-refractivity contribution in [2.75, 3.05) is 5.73 Å². The molecule has 0 atom stereocenters. The van der Waals surface area contributed by atoms with Crippen molar-refractivity contribution in [3.63, 3.8) is 0 Å². The van der Waals surface area contributed by atoms with Crippen LogP contribution in [-0.2, 0) is 0 Å². The number of nitrogen functional groups attached to an aromatic ring is 1. The van der Waals surface area contributed by atoms with Crippen molar-refractivity contribution in [1.82, 2.24) is 4.98 Å². The molecule has 1 aromatic heterocycles. The number of hydrogen-bond acceptors (Lipinski definition) is 2. The highest BCUT2D eigenvalue weighted by atomic mass is 14.9. The summed E-state index contributed by atoms with van der Waals surface area (Å²) >= 11 is 0. The number of anilines is 1. The average molecular weight is 136 g/mol. The number of hydrogen-bond donors (Lipinski definition) is 3. The van der Waals surface area contributed by atoms with Crippen LogP contribution in [0.1, 0.15) is 0 Å². The van der Waals surface area contributed by atoms with E-state index in [0.717, 1.165) is 6.34 Å². The fourth-order valence-electron chi connectivity index (χ4n) is 0.617. The number of rotatable bonds is 1. The summed E-state index contributed by atoms with van der Waals surface area (Å²) in [6.45, 7) is 0.